The van der Waals surface area contributed by atoms with E-state index in [4.69, 9.17) is 13.3 Å². The predicted molar refractivity (Wildman–Crippen MR) is 294 cm³/mol. The number of hydrogen-bond acceptors (Lipinski definition) is 22. The first-order chi connectivity index (χ1) is 36.0. The quantitative estimate of drug-likeness (QED) is 0.0138. The van der Waals surface area contributed by atoms with Crippen LogP contribution in [0.5, 0.6) is 0 Å². The van der Waals surface area contributed by atoms with Crippen molar-refractivity contribution < 1.29 is 97.9 Å². The van der Waals surface area contributed by atoms with Gasteiger partial charge in [0.15, 0.2) is 0 Å². The van der Waals surface area contributed by atoms with Gasteiger partial charge in [-0.05, 0) is 19.3 Å². The van der Waals surface area contributed by atoms with Crippen LogP contribution < -0.4 is 0 Å². The van der Waals surface area contributed by atoms with Crippen molar-refractivity contribution in [2.75, 3.05) is 174 Å². The van der Waals surface area contributed by atoms with Crippen molar-refractivity contribution in [3.63, 3.8) is 0 Å². The average Bonchev–Trinajstić information content (AvgIpc) is 3.26. The minimum Gasteiger partial charge on any atom is -0.392 e. The Hall–Kier alpha value is -0.753. The van der Waals surface area contributed by atoms with E-state index in [1.165, 1.54) is 0 Å². The van der Waals surface area contributed by atoms with Gasteiger partial charge in [-0.1, -0.05) is 39.5 Å². The summed E-state index contributed by atoms with van der Waals surface area (Å²) < 4.78 is 195. The highest BCUT2D eigenvalue weighted by atomic mass is 32.2. The number of piperazine rings is 3. The summed E-state index contributed by atoms with van der Waals surface area (Å²) in [5.74, 6) is -4.90. The number of unbranched alkanes of at least 4 members (excludes halogenated alkanes) is 5. The van der Waals surface area contributed by atoms with Crippen molar-refractivity contribution in [1.82, 2.24) is 29.4 Å². The van der Waals surface area contributed by atoms with E-state index < -0.39 is 125 Å². The molecule has 0 saturated carbocycles. The molecule has 3 heterocycles. The van der Waals surface area contributed by atoms with E-state index in [0.29, 0.717) is 50.2 Å². The highest BCUT2D eigenvalue weighted by Gasteiger charge is 2.50. The molecule has 34 heteroatoms. The molecule has 3 saturated heterocycles. The van der Waals surface area contributed by atoms with Crippen LogP contribution in [0, 0.1) is 0 Å². The molecule has 0 bridgehead atoms. The molecule has 3 aliphatic rings. The topological polar surface area (TPSA) is 380 Å². The average molecular weight is 1250 g/mol. The Labute approximate surface area is 466 Å². The van der Waals surface area contributed by atoms with E-state index in [0.717, 1.165) is 45.1 Å². The molecule has 0 aromatic carbocycles. The minimum atomic E-state index is -4.90. The largest absolute Gasteiger partial charge is 0.502 e. The van der Waals surface area contributed by atoms with Crippen molar-refractivity contribution in [2.24, 2.45) is 0 Å². The van der Waals surface area contributed by atoms with E-state index in [9.17, 15) is 80.2 Å². The van der Waals surface area contributed by atoms with E-state index >= 15 is 0 Å². The van der Waals surface area contributed by atoms with Gasteiger partial charge < -0.3 is 33.1 Å². The van der Waals surface area contributed by atoms with E-state index in [2.05, 4.69) is 6.92 Å². The van der Waals surface area contributed by atoms with Gasteiger partial charge in [-0.2, -0.15) is 42.1 Å². The van der Waals surface area contributed by atoms with E-state index in [-0.39, 0.29) is 97.5 Å². The Morgan fingerprint density at radius 2 is 0.667 bits per heavy atom. The van der Waals surface area contributed by atoms with Crippen molar-refractivity contribution in [3.8, 4) is 0 Å². The van der Waals surface area contributed by atoms with Gasteiger partial charge in [0.05, 0.1) is 63.8 Å². The van der Waals surface area contributed by atoms with Crippen LogP contribution in [0.3, 0.4) is 0 Å². The van der Waals surface area contributed by atoms with E-state index in [1.54, 1.807) is 19.6 Å². The van der Waals surface area contributed by atoms with E-state index in [1.807, 2.05) is 30.8 Å². The third-order valence-corrected chi connectivity index (χ3v) is 21.1. The maximum absolute atomic E-state index is 13.0. The third-order valence-electron chi connectivity index (χ3n) is 14.1. The fraction of sp³-hybridized carbons (Fsp3) is 1.00. The maximum atomic E-state index is 13.0. The molecule has 0 aromatic heterocycles. The third kappa shape index (κ3) is 32.9. The Kier molecular flexibility index (Phi) is 30.3. The smallest absolute Gasteiger partial charge is 0.392 e. The number of aliphatic hydroxyl groups is 3. The van der Waals surface area contributed by atoms with Gasteiger partial charge in [-0.3, -0.25) is 52.2 Å². The fourth-order valence-corrected chi connectivity index (χ4v) is 16.8. The van der Waals surface area contributed by atoms with Crippen LogP contribution in [0.4, 0.5) is 0 Å². The lowest BCUT2D eigenvalue weighted by Crippen LogP contribution is -2.60. The van der Waals surface area contributed by atoms with Gasteiger partial charge in [-0.15, -0.1) is 0 Å². The summed E-state index contributed by atoms with van der Waals surface area (Å²) in [6.07, 6.45) is -0.876. The predicted octanol–water partition coefficient (Wildman–Crippen LogP) is -2.31. The standard InChI is InChI=1S/C44H93N7O21S5Si/c1-5-7-8-9-10-11-25-51(3,4)26-12-27-78(70-42(36-75(61,62)63)31-48-19-13-45(14-20-48)28-39(52)6-2,71-43(37-76(64,65)66)32-49-21-15-46(16-22-49)29-40(53)34-73(55,56)57)72-44(38-77(67,68)69)33-50-23-17-47(18-24-50)30-41(54)35-74(58,59)60/h39-44,52-54H,5-38H2,1-4H3,(H4-,55,56,57,58,59,60,61,62,63,64,65,66,67,68,69)/p+1. The van der Waals surface area contributed by atoms with Crippen LogP contribution in [-0.4, -0.2) is 333 Å². The zero-order valence-electron chi connectivity index (χ0n) is 46.1. The molecule has 0 radical (unpaired) electrons. The molecule has 0 amide bonds. The van der Waals surface area contributed by atoms with Crippen molar-refractivity contribution in [2.45, 2.75) is 108 Å². The second-order valence-corrected chi connectivity index (χ2v) is 32.1. The maximum Gasteiger partial charge on any atom is 0.502 e. The molecule has 6 unspecified atom stereocenters. The first-order valence-electron chi connectivity index (χ1n) is 27.0. The molecular weight excluding hydrogens is 1150 g/mol. The molecule has 3 aliphatic heterocycles. The Bertz CT molecular complexity index is 2210. The molecule has 0 spiro atoms. The molecule has 8 N–H and O–H groups in total. The van der Waals surface area contributed by atoms with Crippen molar-refractivity contribution in [3.05, 3.63) is 0 Å². The van der Waals surface area contributed by atoms with Crippen LogP contribution in [0.15, 0.2) is 0 Å². The first kappa shape index (κ1) is 71.5. The normalized spacial score (nSPS) is 21.5. The van der Waals surface area contributed by atoms with Crippen LogP contribution in [-0.2, 0) is 63.9 Å². The first-order valence-corrected chi connectivity index (χ1v) is 37.0. The highest BCUT2D eigenvalue weighted by molar-refractivity contribution is 7.86. The van der Waals surface area contributed by atoms with Gasteiger partial charge in [0.2, 0.25) is 0 Å². The van der Waals surface area contributed by atoms with Crippen LogP contribution in [0.25, 0.3) is 0 Å². The molecule has 78 heavy (non-hydrogen) atoms. The number of β-amino-alcohol motifs (C(OH)–C–C–N with tert-alkyl or cyclic N) is 3. The number of aliphatic hydroxyl groups excluding tert-OH is 3. The Morgan fingerprint density at radius 1 is 0.397 bits per heavy atom. The summed E-state index contributed by atoms with van der Waals surface area (Å²) in [5, 5.41) is 31.0. The van der Waals surface area contributed by atoms with Crippen molar-refractivity contribution in [1.29, 1.82) is 0 Å². The van der Waals surface area contributed by atoms with Crippen molar-refractivity contribution >= 4 is 59.4 Å². The lowest BCUT2D eigenvalue weighted by atomic mass is 10.1. The summed E-state index contributed by atoms with van der Waals surface area (Å²) in [5.41, 5.74) is 0. The second-order valence-electron chi connectivity index (χ2n) is 22.1. The minimum absolute atomic E-state index is 0.116. The molecule has 0 aliphatic carbocycles. The SMILES string of the molecule is CCCCCCCC[N+](C)(C)CCC[Si](OC(CN1CCN(CC(O)CC)CC1)CS(=O)(=O)O)(OC(CN1CCN(CC(O)CS(=O)(=O)O)CC1)CS(=O)(=O)O)OC(CN1CCN(CC(O)CS(=O)(=O)O)CC1)CS(=O)(=O)O. The molecule has 28 nitrogen and oxygen atoms in total. The number of nitrogens with zero attached hydrogens (tertiary/aromatic N) is 7. The number of hydrogen-bond donors (Lipinski definition) is 8. The summed E-state index contributed by atoms with van der Waals surface area (Å²) in [7, 11) is -24.5. The molecule has 3 rings (SSSR count). The zero-order valence-corrected chi connectivity index (χ0v) is 51.1. The second kappa shape index (κ2) is 33.1. The molecular formula is C44H94N7O21S5Si+. The lowest BCUT2D eigenvalue weighted by Gasteiger charge is -2.43. The van der Waals surface area contributed by atoms with Gasteiger partial charge in [0, 0.05) is 130 Å². The fourth-order valence-electron chi connectivity index (χ4n) is 10.2. The molecule has 464 valence electrons. The summed E-state index contributed by atoms with van der Waals surface area (Å²) in [6, 6.07) is -0.182. The Morgan fingerprint density at radius 3 is 0.962 bits per heavy atom. The molecule has 3 fully saturated rings. The van der Waals surface area contributed by atoms with Gasteiger partial charge >= 0.3 is 8.80 Å². The zero-order chi connectivity index (χ0) is 58.6. The lowest BCUT2D eigenvalue weighted by molar-refractivity contribution is -0.890. The van der Waals surface area contributed by atoms with Crippen LogP contribution in [0.1, 0.15) is 65.2 Å². The summed E-state index contributed by atoms with van der Waals surface area (Å²) in [6.45, 7) is 8.14. The van der Waals surface area contributed by atoms with Gasteiger partial charge in [-0.25, -0.2) is 0 Å². The Balaban J connectivity index is 2.14. The molecule has 0 aromatic rings. The molecule has 6 atom stereocenters. The van der Waals surface area contributed by atoms with Crippen LogP contribution in [0.2, 0.25) is 6.04 Å². The monoisotopic (exact) mass is 1240 g/mol. The summed E-state index contributed by atoms with van der Waals surface area (Å²) >= 11 is 0. The highest BCUT2D eigenvalue weighted by Crippen LogP contribution is 2.28. The van der Waals surface area contributed by atoms with Gasteiger partial charge in [0.1, 0.15) is 28.8 Å². The van der Waals surface area contributed by atoms with Crippen LogP contribution >= 0.6 is 0 Å². The number of quaternary nitrogens is 1. The number of rotatable bonds is 40. The summed E-state index contributed by atoms with van der Waals surface area (Å²) in [4.78, 5) is 10.9. The van der Waals surface area contributed by atoms with Gasteiger partial charge in [0.25, 0.3) is 50.6 Å².